The summed E-state index contributed by atoms with van der Waals surface area (Å²) in [6, 6.07) is 0. The molecule has 0 spiro atoms. The highest BCUT2D eigenvalue weighted by Gasteiger charge is 2.15. The summed E-state index contributed by atoms with van der Waals surface area (Å²) in [6.45, 7) is 3.43. The maximum absolute atomic E-state index is 10.3. The number of carboxylic acids is 1. The van der Waals surface area contributed by atoms with Crippen LogP contribution in [0, 0.1) is 6.92 Å². The van der Waals surface area contributed by atoms with Gasteiger partial charge in [-0.2, -0.15) is 0 Å². The number of aromatic nitrogens is 1. The quantitative estimate of drug-likeness (QED) is 0.698. The lowest BCUT2D eigenvalue weighted by Gasteiger charge is -1.97. The normalized spacial score (nSPS) is 12.9. The fourth-order valence-corrected chi connectivity index (χ4v) is 1.16. The highest BCUT2D eigenvalue weighted by Crippen LogP contribution is 2.16. The maximum Gasteiger partial charge on any atom is 0.313 e. The minimum absolute atomic E-state index is 0.549. The summed E-state index contributed by atoms with van der Waals surface area (Å²) in [5.74, 6) is -1.66. The van der Waals surface area contributed by atoms with E-state index in [-0.39, 0.29) is 0 Å². The molecule has 0 fully saturated rings. The number of nitrogens with zero attached hydrogens (tertiary/aromatic N) is 1. The molecular weight excluding hydrogens is 150 g/mol. The van der Waals surface area contributed by atoms with Gasteiger partial charge in [0.2, 0.25) is 0 Å². The molecule has 1 rings (SSSR count). The third-order valence-electron chi connectivity index (χ3n) is 1.05. The Morgan fingerprint density at radius 2 is 2.60 bits per heavy atom. The van der Waals surface area contributed by atoms with Crippen LogP contribution in [0.1, 0.15) is 10.9 Å². The smallest absolute Gasteiger partial charge is 0.313 e. The van der Waals surface area contributed by atoms with Gasteiger partial charge in [0, 0.05) is 11.6 Å². The summed E-state index contributed by atoms with van der Waals surface area (Å²) in [5, 5.41) is 10.7. The van der Waals surface area contributed by atoms with Gasteiger partial charge in [-0.25, -0.2) is 4.98 Å². The fraction of sp³-hybridized carbons (Fsp3) is 0.167. The molecule has 1 unspecified atom stereocenters. The molecule has 0 aromatic carbocycles. The standard InChI is InChI=1S/C6H6NO2S/c1-4(6(8)9)5-7-2-3-10-5/h2-4H,1H2,(H,8,9). The number of aliphatic carboxylic acids is 1. The zero-order valence-electron chi connectivity index (χ0n) is 5.15. The first-order chi connectivity index (χ1) is 4.72. The Kier molecular flexibility index (Phi) is 2.01. The largest absolute Gasteiger partial charge is 0.481 e. The molecule has 4 heteroatoms. The van der Waals surface area contributed by atoms with Crippen molar-refractivity contribution in [3.05, 3.63) is 23.5 Å². The van der Waals surface area contributed by atoms with E-state index in [1.807, 2.05) is 0 Å². The first kappa shape index (κ1) is 7.21. The molecule has 53 valence electrons. The molecule has 1 N–H and O–H groups in total. The van der Waals surface area contributed by atoms with Crippen molar-refractivity contribution in [1.82, 2.24) is 4.98 Å². The van der Waals surface area contributed by atoms with Crippen LogP contribution < -0.4 is 0 Å². The Hall–Kier alpha value is -0.900. The van der Waals surface area contributed by atoms with Gasteiger partial charge in [0.1, 0.15) is 10.9 Å². The van der Waals surface area contributed by atoms with E-state index < -0.39 is 11.9 Å². The van der Waals surface area contributed by atoms with Crippen LogP contribution in [0.2, 0.25) is 0 Å². The van der Waals surface area contributed by atoms with Crippen LogP contribution in [0.25, 0.3) is 0 Å². The summed E-state index contributed by atoms with van der Waals surface area (Å²) < 4.78 is 0. The second-order valence-corrected chi connectivity index (χ2v) is 2.69. The molecule has 0 saturated heterocycles. The predicted molar refractivity (Wildman–Crippen MR) is 37.8 cm³/mol. The molecule has 0 saturated carbocycles. The molecule has 1 atom stereocenters. The fourth-order valence-electron chi connectivity index (χ4n) is 0.512. The average molecular weight is 156 g/mol. The third kappa shape index (κ3) is 1.33. The van der Waals surface area contributed by atoms with E-state index in [9.17, 15) is 4.79 Å². The van der Waals surface area contributed by atoms with Crippen molar-refractivity contribution in [2.24, 2.45) is 0 Å². The van der Waals surface area contributed by atoms with E-state index in [1.165, 1.54) is 11.3 Å². The zero-order chi connectivity index (χ0) is 7.56. The number of carbonyl (C=O) groups is 1. The van der Waals surface area contributed by atoms with Crippen LogP contribution in [-0.2, 0) is 4.79 Å². The molecule has 0 aliphatic rings. The van der Waals surface area contributed by atoms with E-state index in [0.29, 0.717) is 5.01 Å². The minimum atomic E-state index is -0.935. The monoisotopic (exact) mass is 156 g/mol. The Morgan fingerprint density at radius 3 is 3.00 bits per heavy atom. The van der Waals surface area contributed by atoms with E-state index >= 15 is 0 Å². The lowest BCUT2D eigenvalue weighted by molar-refractivity contribution is -0.137. The van der Waals surface area contributed by atoms with Crippen LogP contribution in [0.3, 0.4) is 0 Å². The van der Waals surface area contributed by atoms with Crippen molar-refractivity contribution in [2.75, 3.05) is 0 Å². The van der Waals surface area contributed by atoms with Gasteiger partial charge in [0.05, 0.1) is 0 Å². The van der Waals surface area contributed by atoms with E-state index in [1.54, 1.807) is 11.6 Å². The first-order valence-electron chi connectivity index (χ1n) is 2.67. The highest BCUT2D eigenvalue weighted by atomic mass is 32.1. The van der Waals surface area contributed by atoms with Gasteiger partial charge in [-0.1, -0.05) is 0 Å². The lowest BCUT2D eigenvalue weighted by atomic mass is 10.2. The highest BCUT2D eigenvalue weighted by molar-refractivity contribution is 7.09. The van der Waals surface area contributed by atoms with Crippen molar-refractivity contribution in [3.63, 3.8) is 0 Å². The number of hydrogen-bond acceptors (Lipinski definition) is 3. The van der Waals surface area contributed by atoms with E-state index in [2.05, 4.69) is 11.9 Å². The number of rotatable bonds is 2. The Balaban J connectivity index is 2.77. The Bertz CT molecular complexity index is 220. The second-order valence-electron chi connectivity index (χ2n) is 1.76. The van der Waals surface area contributed by atoms with Crippen molar-refractivity contribution >= 4 is 17.3 Å². The van der Waals surface area contributed by atoms with Gasteiger partial charge in [-0.3, -0.25) is 4.79 Å². The summed E-state index contributed by atoms with van der Waals surface area (Å²) in [7, 11) is 0. The molecule has 1 aromatic rings. The minimum Gasteiger partial charge on any atom is -0.481 e. The van der Waals surface area contributed by atoms with Gasteiger partial charge in [0.25, 0.3) is 0 Å². The predicted octanol–water partition coefficient (Wildman–Crippen LogP) is 1.15. The summed E-state index contributed by atoms with van der Waals surface area (Å²) in [6.07, 6.45) is 1.57. The Labute approximate surface area is 62.3 Å². The van der Waals surface area contributed by atoms with Gasteiger partial charge >= 0.3 is 5.97 Å². The van der Waals surface area contributed by atoms with Gasteiger partial charge in [-0.05, 0) is 6.92 Å². The van der Waals surface area contributed by atoms with E-state index in [0.717, 1.165) is 0 Å². The molecule has 1 aromatic heterocycles. The average Bonchev–Trinajstić information content (AvgIpc) is 2.36. The number of hydrogen-bond donors (Lipinski definition) is 1. The lowest BCUT2D eigenvalue weighted by Crippen LogP contribution is -2.06. The van der Waals surface area contributed by atoms with Gasteiger partial charge in [-0.15, -0.1) is 11.3 Å². The molecule has 1 radical (unpaired) electrons. The van der Waals surface area contributed by atoms with Crippen molar-refractivity contribution in [3.8, 4) is 0 Å². The molecular formula is C6H6NO2S. The van der Waals surface area contributed by atoms with Crippen molar-refractivity contribution < 1.29 is 9.90 Å². The molecule has 0 amide bonds. The Morgan fingerprint density at radius 1 is 1.90 bits per heavy atom. The molecule has 3 nitrogen and oxygen atoms in total. The summed E-state index contributed by atoms with van der Waals surface area (Å²) in [4.78, 5) is 14.1. The van der Waals surface area contributed by atoms with Gasteiger partial charge in [0.15, 0.2) is 0 Å². The van der Waals surface area contributed by atoms with Crippen molar-refractivity contribution in [1.29, 1.82) is 0 Å². The van der Waals surface area contributed by atoms with Crippen molar-refractivity contribution in [2.45, 2.75) is 5.92 Å². The van der Waals surface area contributed by atoms with E-state index in [4.69, 9.17) is 5.11 Å². The summed E-state index contributed by atoms with van der Waals surface area (Å²) in [5.41, 5.74) is 0. The molecule has 0 aliphatic carbocycles. The van der Waals surface area contributed by atoms with Crippen LogP contribution in [0.4, 0.5) is 0 Å². The number of carboxylic acid groups (broad SMARTS) is 1. The SMILES string of the molecule is [CH2]C(C(=O)O)c1nccs1. The van der Waals surface area contributed by atoms with Crippen LogP contribution in [0.5, 0.6) is 0 Å². The van der Waals surface area contributed by atoms with Gasteiger partial charge < -0.3 is 5.11 Å². The molecule has 0 bridgehead atoms. The third-order valence-corrected chi connectivity index (χ3v) is 1.94. The zero-order valence-corrected chi connectivity index (χ0v) is 5.97. The van der Waals surface area contributed by atoms with Crippen LogP contribution in [0.15, 0.2) is 11.6 Å². The number of thiazole rings is 1. The summed E-state index contributed by atoms with van der Waals surface area (Å²) >= 11 is 1.30. The second kappa shape index (κ2) is 2.79. The topological polar surface area (TPSA) is 50.2 Å². The maximum atomic E-state index is 10.3. The molecule has 10 heavy (non-hydrogen) atoms. The molecule has 1 heterocycles. The molecule has 0 aliphatic heterocycles. The van der Waals surface area contributed by atoms with Crippen LogP contribution in [-0.4, -0.2) is 16.1 Å². The van der Waals surface area contributed by atoms with Crippen LogP contribution >= 0.6 is 11.3 Å². The first-order valence-corrected chi connectivity index (χ1v) is 3.55.